The van der Waals surface area contributed by atoms with Gasteiger partial charge in [-0.3, -0.25) is 0 Å². The maximum Gasteiger partial charge on any atom is 0.335 e. The van der Waals surface area contributed by atoms with Crippen molar-refractivity contribution in [3.63, 3.8) is 0 Å². The molecule has 5 saturated carbocycles. The lowest BCUT2D eigenvalue weighted by Crippen LogP contribution is -2.60. The van der Waals surface area contributed by atoms with Crippen LogP contribution in [0.2, 0.25) is 18.1 Å². The third-order valence-electron chi connectivity index (χ3n) is 16.2. The molecule has 0 radical (unpaired) electrons. The number of carbonyl (C=O) groups excluding carboxylic acids is 1. The minimum absolute atomic E-state index is 0.00919. The van der Waals surface area contributed by atoms with Gasteiger partial charge >= 0.3 is 5.97 Å². The average molecular weight is 587 g/mol. The average Bonchev–Trinajstić information content (AvgIpc) is 3.57. The molecule has 0 amide bonds. The van der Waals surface area contributed by atoms with E-state index in [-0.39, 0.29) is 29.0 Å². The molecule has 0 N–H and O–H groups in total. The second-order valence-electron chi connectivity index (χ2n) is 17.0. The number of ether oxygens (including phenoxy) is 2. The Morgan fingerprint density at radius 3 is 2.15 bits per heavy atom. The third kappa shape index (κ3) is 3.73. The maximum absolute atomic E-state index is 13.1. The number of esters is 1. The van der Waals surface area contributed by atoms with E-state index in [0.717, 1.165) is 36.4 Å². The highest BCUT2D eigenvalue weighted by molar-refractivity contribution is 6.73. The van der Waals surface area contributed by atoms with Gasteiger partial charge in [0.15, 0.2) is 14.4 Å². The molecule has 6 fully saturated rings. The lowest BCUT2D eigenvalue weighted by molar-refractivity contribution is -0.182. The van der Waals surface area contributed by atoms with Crippen molar-refractivity contribution < 1.29 is 18.7 Å². The molecule has 1 heterocycles. The topological polar surface area (TPSA) is 44.8 Å². The zero-order valence-corrected chi connectivity index (χ0v) is 29.2. The Morgan fingerprint density at radius 1 is 0.878 bits per heavy atom. The molecule has 0 bridgehead atoms. The molecule has 6 aliphatic rings. The summed E-state index contributed by atoms with van der Waals surface area (Å²) in [6.45, 7) is 24.9. The zero-order valence-electron chi connectivity index (χ0n) is 28.2. The summed E-state index contributed by atoms with van der Waals surface area (Å²) in [4.78, 5) is 13.1. The van der Waals surface area contributed by atoms with Crippen LogP contribution in [0.25, 0.3) is 0 Å². The van der Waals surface area contributed by atoms with Crippen LogP contribution in [0, 0.1) is 56.7 Å². The fraction of sp³-hybridized carbons (Fsp3) is 0.972. The van der Waals surface area contributed by atoms with E-state index in [1.54, 1.807) is 0 Å². The van der Waals surface area contributed by atoms with Gasteiger partial charge in [0.1, 0.15) is 0 Å². The van der Waals surface area contributed by atoms with Crippen molar-refractivity contribution in [2.75, 3.05) is 6.61 Å². The fourth-order valence-electron chi connectivity index (χ4n) is 13.3. The molecule has 5 heteroatoms. The summed E-state index contributed by atoms with van der Waals surface area (Å²) in [7, 11) is -1.93. The highest BCUT2D eigenvalue weighted by Crippen LogP contribution is 2.89. The number of fused-ring (bicyclic) bond motifs is 4. The molecule has 0 aromatic carbocycles. The Balaban J connectivity index is 1.45. The van der Waals surface area contributed by atoms with Gasteiger partial charge < -0.3 is 13.9 Å². The van der Waals surface area contributed by atoms with E-state index in [0.29, 0.717) is 40.6 Å². The summed E-state index contributed by atoms with van der Waals surface area (Å²) in [5, 5.41) is 0. The van der Waals surface area contributed by atoms with Crippen LogP contribution < -0.4 is 0 Å². The van der Waals surface area contributed by atoms with Crippen LogP contribution in [0.4, 0.5) is 0 Å². The van der Waals surface area contributed by atoms with Gasteiger partial charge in [-0.05, 0) is 128 Å². The predicted octanol–water partition coefficient (Wildman–Crippen LogP) is 9.03. The summed E-state index contributed by atoms with van der Waals surface area (Å²) >= 11 is 0. The molecule has 41 heavy (non-hydrogen) atoms. The summed E-state index contributed by atoms with van der Waals surface area (Å²) in [5.41, 5.74) is 1.70. The first-order chi connectivity index (χ1) is 19.3. The minimum Gasteiger partial charge on any atom is -0.464 e. The van der Waals surface area contributed by atoms with Crippen molar-refractivity contribution in [1.82, 2.24) is 0 Å². The Bertz CT molecular complexity index is 1030. The van der Waals surface area contributed by atoms with Crippen LogP contribution in [-0.2, 0) is 18.7 Å². The molecule has 6 rings (SSSR count). The van der Waals surface area contributed by atoms with Gasteiger partial charge in [-0.1, -0.05) is 62.3 Å². The van der Waals surface area contributed by atoms with Crippen molar-refractivity contribution in [3.05, 3.63) is 0 Å². The van der Waals surface area contributed by atoms with Crippen LogP contribution in [-0.4, -0.2) is 39.2 Å². The molecular formula is C36H62O4Si. The first-order valence-corrected chi connectivity index (χ1v) is 20.3. The molecule has 2 spiro atoms. The molecule has 5 aliphatic carbocycles. The van der Waals surface area contributed by atoms with Crippen LogP contribution in [0.3, 0.4) is 0 Å². The van der Waals surface area contributed by atoms with Gasteiger partial charge in [-0.25, -0.2) is 4.79 Å². The van der Waals surface area contributed by atoms with Crippen LogP contribution in [0.1, 0.15) is 121 Å². The Morgan fingerprint density at radius 2 is 1.51 bits per heavy atom. The van der Waals surface area contributed by atoms with Crippen molar-refractivity contribution >= 4 is 14.3 Å². The Labute approximate surface area is 252 Å². The number of carbonyl (C=O) groups is 1. The van der Waals surface area contributed by atoms with E-state index >= 15 is 0 Å². The Kier molecular flexibility index (Phi) is 7.32. The molecule has 4 nitrogen and oxygen atoms in total. The zero-order chi connectivity index (χ0) is 29.8. The molecule has 1 saturated heterocycles. The second kappa shape index (κ2) is 9.80. The molecule has 12 atom stereocenters. The maximum atomic E-state index is 13.1. The van der Waals surface area contributed by atoms with Crippen molar-refractivity contribution in [2.24, 2.45) is 56.7 Å². The largest absolute Gasteiger partial charge is 0.464 e. The normalized spacial score (nSPS) is 51.5. The molecule has 1 unspecified atom stereocenters. The smallest absolute Gasteiger partial charge is 0.335 e. The number of hydrogen-bond donors (Lipinski definition) is 0. The molecule has 0 aromatic rings. The van der Waals surface area contributed by atoms with Gasteiger partial charge in [0.25, 0.3) is 0 Å². The van der Waals surface area contributed by atoms with E-state index in [1.165, 1.54) is 44.9 Å². The van der Waals surface area contributed by atoms with E-state index in [1.807, 2.05) is 6.92 Å². The van der Waals surface area contributed by atoms with Gasteiger partial charge in [0.2, 0.25) is 0 Å². The van der Waals surface area contributed by atoms with E-state index < -0.39 is 14.4 Å². The van der Waals surface area contributed by atoms with Gasteiger partial charge in [0, 0.05) is 5.41 Å². The van der Waals surface area contributed by atoms with Crippen LogP contribution in [0.15, 0.2) is 0 Å². The van der Waals surface area contributed by atoms with Gasteiger partial charge in [-0.15, -0.1) is 0 Å². The third-order valence-corrected chi connectivity index (χ3v) is 20.8. The van der Waals surface area contributed by atoms with E-state index in [4.69, 9.17) is 13.9 Å². The lowest BCUT2D eigenvalue weighted by atomic mass is 9.41. The highest BCUT2D eigenvalue weighted by Gasteiger charge is 2.84. The molecule has 234 valence electrons. The first kappa shape index (κ1) is 30.6. The standard InChI is InChI=1S/C36H62O4Si/c1-11-38-31(37)25-21-23(5)28-29(39-25)30(40-41(12-2,13-3)14-4)34(10)27-16-15-26-32(7,8)24(6)17-18-35(26)22-36(27,35)20-19-33(28,34)9/h23-30H,11-22H2,1-10H3/t23-,24+,25-,26+,27+,28+,29+,30+,33-,34-,35-,36?/m1/s1. The summed E-state index contributed by atoms with van der Waals surface area (Å²) < 4.78 is 20.3. The van der Waals surface area contributed by atoms with Crippen molar-refractivity contribution in [2.45, 2.75) is 157 Å². The van der Waals surface area contributed by atoms with Crippen LogP contribution >= 0.6 is 0 Å². The monoisotopic (exact) mass is 586 g/mol. The number of rotatable bonds is 7. The number of hydrogen-bond acceptors (Lipinski definition) is 4. The summed E-state index contributed by atoms with van der Waals surface area (Å²) in [5.74, 6) is 3.08. The van der Waals surface area contributed by atoms with Gasteiger partial charge in [-0.2, -0.15) is 0 Å². The van der Waals surface area contributed by atoms with Gasteiger partial charge in [0.05, 0.1) is 18.8 Å². The second-order valence-corrected chi connectivity index (χ2v) is 21.7. The van der Waals surface area contributed by atoms with E-state index in [9.17, 15) is 4.79 Å². The SMILES string of the molecule is CCOC(=O)[C@H]1C[C@@H](C)[C@H]2[C@H](O1)[C@H](O[Si](CC)(CC)CC)[C@@]1(C)[C@@H]3CC[C@H]4C(C)(C)[C@@H](C)CC[C@@]45CC35CC[C@]21C. The lowest BCUT2D eigenvalue weighted by Gasteiger charge is -2.64. The fourth-order valence-corrected chi connectivity index (χ4v) is 16.2. The Hall–Kier alpha value is -0.393. The predicted molar refractivity (Wildman–Crippen MR) is 168 cm³/mol. The van der Waals surface area contributed by atoms with E-state index in [2.05, 4.69) is 62.3 Å². The quantitative estimate of drug-likeness (QED) is 0.221. The highest BCUT2D eigenvalue weighted by atomic mass is 28.4. The molecule has 1 aliphatic heterocycles. The minimum atomic E-state index is -1.93. The van der Waals surface area contributed by atoms with Crippen molar-refractivity contribution in [1.29, 1.82) is 0 Å². The van der Waals surface area contributed by atoms with Crippen LogP contribution in [0.5, 0.6) is 0 Å². The summed E-state index contributed by atoms with van der Waals surface area (Å²) in [6, 6.07) is 3.47. The first-order valence-electron chi connectivity index (χ1n) is 17.8. The van der Waals surface area contributed by atoms with Crippen molar-refractivity contribution in [3.8, 4) is 0 Å². The molecule has 0 aromatic heterocycles. The molecular weight excluding hydrogens is 524 g/mol. The summed E-state index contributed by atoms with van der Waals surface area (Å²) in [6.07, 6.45) is 10.1.